The topological polar surface area (TPSA) is 264 Å². The number of aliphatic carboxylic acids is 2. The van der Waals surface area contributed by atoms with Gasteiger partial charge in [0.2, 0.25) is 5.78 Å². The van der Waals surface area contributed by atoms with E-state index in [1.165, 1.54) is 24.1 Å². The molecule has 3 saturated carbocycles. The van der Waals surface area contributed by atoms with Crippen LogP contribution in [0.5, 0.6) is 5.75 Å². The molecule has 3 fully saturated rings. The molecule has 7 N–H and O–H groups in total. The average Bonchev–Trinajstić information content (AvgIpc) is 3.62. The number of rotatable bonds is 24. The lowest BCUT2D eigenvalue weighted by atomic mass is 9.45. The summed E-state index contributed by atoms with van der Waals surface area (Å²) in [6, 6.07) is 15.4. The molecule has 16 nitrogen and oxygen atoms in total. The number of hydrogen-bond donors (Lipinski definition) is 7. The highest BCUT2D eigenvalue weighted by molar-refractivity contribution is 6.26. The van der Waals surface area contributed by atoms with E-state index in [1.807, 2.05) is 26.8 Å². The van der Waals surface area contributed by atoms with Gasteiger partial charge in [-0.1, -0.05) is 109 Å². The van der Waals surface area contributed by atoms with Gasteiger partial charge in [0.05, 0.1) is 23.7 Å². The van der Waals surface area contributed by atoms with Gasteiger partial charge in [-0.2, -0.15) is 0 Å². The van der Waals surface area contributed by atoms with Crippen molar-refractivity contribution < 1.29 is 73.6 Å². The van der Waals surface area contributed by atoms with Gasteiger partial charge in [-0.25, -0.2) is 0 Å². The van der Waals surface area contributed by atoms with Crippen LogP contribution < -0.4 is 5.32 Å². The lowest BCUT2D eigenvalue weighted by molar-refractivity contribution is -0.203. The maximum atomic E-state index is 13.9. The van der Waals surface area contributed by atoms with Crippen LogP contribution in [-0.2, 0) is 56.0 Å². The molecule has 17 heteroatoms. The Morgan fingerprint density at radius 3 is 2.07 bits per heavy atom. The second-order valence-corrected chi connectivity index (χ2v) is 21.3. The van der Waals surface area contributed by atoms with E-state index in [1.54, 1.807) is 45.9 Å². The smallest absolute Gasteiger partial charge is 0.306 e. The number of aryl methyl sites for hydroxylation is 1. The Morgan fingerprint density at radius 2 is 1.46 bits per heavy atom. The Morgan fingerprint density at radius 1 is 0.842 bits per heavy atom. The molecule has 2 aromatic carbocycles. The van der Waals surface area contributed by atoms with E-state index in [0.29, 0.717) is 36.9 Å². The molecule has 0 aromatic heterocycles. The molecule has 76 heavy (non-hydrogen) atoms. The van der Waals surface area contributed by atoms with Crippen molar-refractivity contribution in [1.29, 1.82) is 0 Å². The summed E-state index contributed by atoms with van der Waals surface area (Å²) in [4.78, 5) is 68.2. The number of alkyl halides is 1. The van der Waals surface area contributed by atoms with E-state index in [4.69, 9.17) is 36.0 Å². The number of hydrogen-bond acceptors (Lipinski definition) is 14. The van der Waals surface area contributed by atoms with Gasteiger partial charge in [0.25, 0.3) is 0 Å². The predicted octanol–water partition coefficient (Wildman–Crippen LogP) is 9.16. The van der Waals surface area contributed by atoms with Gasteiger partial charge in [0.15, 0.2) is 18.0 Å². The van der Waals surface area contributed by atoms with Crippen LogP contribution in [0.15, 0.2) is 72.3 Å². The molecule has 424 valence electrons. The van der Waals surface area contributed by atoms with Crippen LogP contribution in [-0.4, -0.2) is 116 Å². The quantitative estimate of drug-likeness (QED) is 0.0293. The number of esters is 2. The Labute approximate surface area is 454 Å². The van der Waals surface area contributed by atoms with Crippen molar-refractivity contribution in [3.8, 4) is 5.75 Å². The molecule has 0 aliphatic heterocycles. The second kappa shape index (κ2) is 31.4. The molecule has 0 radical (unpaired) electrons. The largest absolute Gasteiger partial charge is 0.508 e. The summed E-state index contributed by atoms with van der Waals surface area (Å²) in [5, 5.41) is 59.5. The van der Waals surface area contributed by atoms with Crippen LogP contribution in [0, 0.1) is 28.6 Å². The van der Waals surface area contributed by atoms with Crippen molar-refractivity contribution in [2.75, 3.05) is 32.9 Å². The monoisotopic (exact) mass is 1080 g/mol. The van der Waals surface area contributed by atoms with E-state index in [2.05, 4.69) is 35.6 Å². The van der Waals surface area contributed by atoms with Crippen molar-refractivity contribution in [3.05, 3.63) is 89.0 Å². The molecule has 0 saturated heterocycles. The summed E-state index contributed by atoms with van der Waals surface area (Å²) in [5.41, 5.74) is 0.267. The summed E-state index contributed by atoms with van der Waals surface area (Å²) in [7, 11) is 0. The fraction of sp³-hybridized carbons (Fsp3) is 0.627. The number of phenols is 1. The number of carbonyl (C=O) groups excluding carboxylic acids is 4. The Bertz CT molecular complexity index is 2260. The first-order chi connectivity index (χ1) is 36.1. The number of aliphatic hydroxyl groups is 3. The van der Waals surface area contributed by atoms with Crippen LogP contribution in [0.25, 0.3) is 0 Å². The minimum absolute atomic E-state index is 0.0533. The molecule has 2 unspecified atom stereocenters. The van der Waals surface area contributed by atoms with E-state index >= 15 is 0 Å². The molecule has 0 heterocycles. The third-order valence-corrected chi connectivity index (χ3v) is 16.6. The number of carboxylic acids is 2. The van der Waals surface area contributed by atoms with E-state index < -0.39 is 69.8 Å². The Balaban J connectivity index is 0.000000344. The summed E-state index contributed by atoms with van der Waals surface area (Å²) < 4.78 is 17.0. The maximum absolute atomic E-state index is 13.9. The normalized spacial score (nSPS) is 26.2. The maximum Gasteiger partial charge on any atom is 0.306 e. The number of fused-ring (bicyclic) bond motifs is 5. The zero-order valence-corrected chi connectivity index (χ0v) is 46.6. The van der Waals surface area contributed by atoms with Crippen LogP contribution >= 0.6 is 11.6 Å². The fourth-order valence-corrected chi connectivity index (χ4v) is 11.9. The van der Waals surface area contributed by atoms with Crippen molar-refractivity contribution in [2.24, 2.45) is 28.6 Å². The number of allylic oxidation sites excluding steroid dienone is 4. The van der Waals surface area contributed by atoms with Gasteiger partial charge in [0, 0.05) is 67.8 Å². The number of unbranched alkanes of at least 4 members (excludes halogenated alkanes) is 4. The van der Waals surface area contributed by atoms with E-state index in [0.717, 1.165) is 63.9 Å². The molecule has 4 aliphatic rings. The first kappa shape index (κ1) is 65.3. The van der Waals surface area contributed by atoms with Gasteiger partial charge in [-0.3, -0.25) is 28.8 Å². The highest BCUT2D eigenvalue weighted by atomic mass is 35.5. The standard InChI is InChI=1S/C28H37ClO7.C25H37NO4.2C3H6O2/c1-6-23(33)35-15-22(32)28(36-24(34)7-2)16(3)12-20-19-9-8-17-13-18(30)10-11-25(17,4)27(19,29)21(31)14-26(20,28)5;27-20-23-18-22(13-14-24(23)28)25(29)19-26-15-7-1-2-8-16-30-17-9-6-12-21-10-4-3-5-11-21;2*1-2-3(4)5/h10-11,13,16,19-21,31H,6-9,12,14-15H2,1-5H3;3-5,10-11,13-14,18,25-29H,1-2,6-9,12,15-17,19-20H2;2*2H2,1H3,(H,4,5)/t16-,19-,20-,21-,25-,26-,27?,28-;;;/m0.../s1. The number of nitrogens with one attached hydrogen (secondary N) is 1. The lowest BCUT2D eigenvalue weighted by Crippen LogP contribution is -2.69. The summed E-state index contributed by atoms with van der Waals surface area (Å²) in [6.45, 7) is 14.6. The summed E-state index contributed by atoms with van der Waals surface area (Å²) >= 11 is 7.48. The number of ketones is 2. The molecule has 4 aliphatic carbocycles. The molecular formula is C59H86ClNO15. The van der Waals surface area contributed by atoms with Crippen molar-refractivity contribution in [2.45, 2.75) is 174 Å². The molecule has 9 atom stereocenters. The molecule has 2 aromatic rings. The van der Waals surface area contributed by atoms with Crippen molar-refractivity contribution >= 4 is 47.0 Å². The third kappa shape index (κ3) is 16.8. The lowest BCUT2D eigenvalue weighted by Gasteiger charge is -2.64. The minimum Gasteiger partial charge on any atom is -0.508 e. The number of aromatic hydroxyl groups is 1. The molecular weight excluding hydrogens is 998 g/mol. The van der Waals surface area contributed by atoms with Gasteiger partial charge >= 0.3 is 23.9 Å². The van der Waals surface area contributed by atoms with Gasteiger partial charge in [-0.15, -0.1) is 11.6 Å². The minimum atomic E-state index is -1.55. The van der Waals surface area contributed by atoms with Crippen LogP contribution in [0.1, 0.15) is 161 Å². The van der Waals surface area contributed by atoms with E-state index in [-0.39, 0.29) is 68.0 Å². The highest BCUT2D eigenvalue weighted by Crippen LogP contribution is 2.72. The van der Waals surface area contributed by atoms with Crippen molar-refractivity contribution in [1.82, 2.24) is 5.32 Å². The highest BCUT2D eigenvalue weighted by Gasteiger charge is 2.76. The van der Waals surface area contributed by atoms with Gasteiger partial charge in [0.1, 0.15) is 5.75 Å². The number of aliphatic hydroxyl groups excluding tert-OH is 3. The number of Topliss-reactive ketones (excluding diaryl/α,β-unsaturated/α-hetero) is 1. The van der Waals surface area contributed by atoms with E-state index in [9.17, 15) is 49.2 Å². The van der Waals surface area contributed by atoms with Gasteiger partial charge in [-0.05, 0) is 112 Å². The van der Waals surface area contributed by atoms with Crippen molar-refractivity contribution in [3.63, 3.8) is 0 Å². The SMILES string of the molecule is CCC(=O)O.CCC(=O)O.CCC(=O)OCC(=O)[C@@]1(OC(=O)CC)[C@@H](C)C[C@H]2[C@@H]3CCC4=CC(=O)C=C[C@]4(C)C3(Cl)[C@@H](O)C[C@@]21C.OCc1cc(C(O)CNCCCCCCOCCCCc2ccccc2)ccc1O. The summed E-state index contributed by atoms with van der Waals surface area (Å²) in [5.74, 6) is -3.67. The second-order valence-electron chi connectivity index (χ2n) is 20.6. The van der Waals surface area contributed by atoms with Crippen LogP contribution in [0.3, 0.4) is 0 Å². The Hall–Kier alpha value is -4.97. The number of ether oxygens (including phenoxy) is 3. The average molecular weight is 1080 g/mol. The first-order valence-corrected chi connectivity index (χ1v) is 27.5. The molecule has 0 spiro atoms. The number of benzene rings is 2. The number of carbonyl (C=O) groups is 6. The van der Waals surface area contributed by atoms with Gasteiger partial charge < -0.3 is 50.2 Å². The summed E-state index contributed by atoms with van der Waals surface area (Å²) in [6.07, 6.45) is 13.9. The predicted molar refractivity (Wildman–Crippen MR) is 289 cm³/mol. The zero-order chi connectivity index (χ0) is 56.7. The first-order valence-electron chi connectivity index (χ1n) is 27.1. The number of carboxylic acid groups (broad SMARTS) is 2. The van der Waals surface area contributed by atoms with Crippen LogP contribution in [0.4, 0.5) is 0 Å². The third-order valence-electron chi connectivity index (χ3n) is 15.7. The zero-order valence-electron chi connectivity index (χ0n) is 45.8. The number of halogens is 1. The Kier molecular flexibility index (Phi) is 27.0. The molecule has 0 amide bonds. The molecule has 0 bridgehead atoms. The van der Waals surface area contributed by atoms with Crippen LogP contribution in [0.2, 0.25) is 0 Å². The molecule has 6 rings (SSSR count). The fourth-order valence-electron chi connectivity index (χ4n) is 11.4.